The van der Waals surface area contributed by atoms with Crippen molar-refractivity contribution in [1.29, 1.82) is 0 Å². The topological polar surface area (TPSA) is 116 Å². The van der Waals surface area contributed by atoms with Gasteiger partial charge in [0.1, 0.15) is 0 Å². The van der Waals surface area contributed by atoms with Crippen LogP contribution in [0.15, 0.2) is 80.6 Å². The van der Waals surface area contributed by atoms with Gasteiger partial charge in [-0.25, -0.2) is 8.42 Å². The molecule has 0 amide bonds. The van der Waals surface area contributed by atoms with Crippen LogP contribution in [0.5, 0.6) is 0 Å². The van der Waals surface area contributed by atoms with Crippen LogP contribution >= 0.6 is 11.8 Å². The van der Waals surface area contributed by atoms with Crippen LogP contribution in [0.4, 0.5) is 5.69 Å². The number of sulfone groups is 1. The van der Waals surface area contributed by atoms with E-state index in [-0.39, 0.29) is 10.6 Å². The van der Waals surface area contributed by atoms with E-state index >= 15 is 0 Å². The van der Waals surface area contributed by atoms with Crippen LogP contribution in [0, 0.1) is 10.1 Å². The molecule has 0 aliphatic rings. The maximum Gasteiger partial charge on any atom is 0.276 e. The second kappa shape index (κ2) is 8.81. The van der Waals surface area contributed by atoms with Gasteiger partial charge in [0.15, 0.2) is 9.84 Å². The third kappa shape index (κ3) is 5.27. The summed E-state index contributed by atoms with van der Waals surface area (Å²) in [4.78, 5) is 10.0. The predicted octanol–water partition coefficient (Wildman–Crippen LogP) is 3.65. The summed E-state index contributed by atoms with van der Waals surface area (Å²) >= 11 is 1.21. The monoisotopic (exact) mass is 417 g/mol. The van der Waals surface area contributed by atoms with Crippen LogP contribution in [-0.2, 0) is 16.3 Å². The first-order chi connectivity index (χ1) is 13.4. The van der Waals surface area contributed by atoms with E-state index in [9.17, 15) is 18.5 Å². The van der Waals surface area contributed by atoms with Gasteiger partial charge in [-0.2, -0.15) is 0 Å². The highest BCUT2D eigenvalue weighted by atomic mass is 32.2. The lowest BCUT2D eigenvalue weighted by Crippen LogP contribution is -1.97. The second-order valence-electron chi connectivity index (χ2n) is 5.60. The number of thioether (sulfide) groups is 1. The van der Waals surface area contributed by atoms with Gasteiger partial charge in [0, 0.05) is 23.3 Å². The summed E-state index contributed by atoms with van der Waals surface area (Å²) in [6.45, 7) is 0. The molecule has 2 aromatic carbocycles. The number of hydrogen-bond donors (Lipinski definition) is 0. The molecule has 0 spiro atoms. The number of rotatable bonds is 8. The summed E-state index contributed by atoms with van der Waals surface area (Å²) in [5.41, 5.74) is 0.887. The Kier molecular flexibility index (Phi) is 6.22. The van der Waals surface area contributed by atoms with Crippen molar-refractivity contribution in [3.63, 3.8) is 0 Å². The molecule has 0 bridgehead atoms. The molecule has 0 atom stereocenters. The lowest BCUT2D eigenvalue weighted by molar-refractivity contribution is -0.384. The van der Waals surface area contributed by atoms with Crippen molar-refractivity contribution in [2.24, 2.45) is 0 Å². The zero-order chi connectivity index (χ0) is 20.0. The molecule has 3 rings (SSSR count). The van der Waals surface area contributed by atoms with Gasteiger partial charge in [0.25, 0.3) is 10.9 Å². The van der Waals surface area contributed by atoms with E-state index in [0.717, 1.165) is 23.1 Å². The summed E-state index contributed by atoms with van der Waals surface area (Å²) in [7, 11) is -3.68. The van der Waals surface area contributed by atoms with Crippen molar-refractivity contribution < 1.29 is 17.8 Å². The van der Waals surface area contributed by atoms with Crippen LogP contribution in [0.2, 0.25) is 0 Å². The second-order valence-corrected chi connectivity index (χ2v) is 8.41. The predicted molar refractivity (Wildman–Crippen MR) is 104 cm³/mol. The Balaban J connectivity index is 1.55. The van der Waals surface area contributed by atoms with Gasteiger partial charge in [-0.15, -0.1) is 10.2 Å². The highest BCUT2D eigenvalue weighted by Crippen LogP contribution is 2.20. The molecule has 1 heterocycles. The minimum absolute atomic E-state index is 0.0118. The molecule has 0 radical (unpaired) electrons. The number of nitro benzene ring substituents is 1. The SMILES string of the molecule is O=[N+]([O-])c1ccc(S(=O)(=O)/C=C/CSc2nnc(Cc3ccccc3)o2)cc1. The Hall–Kier alpha value is -2.98. The average Bonchev–Trinajstić information content (AvgIpc) is 3.13. The van der Waals surface area contributed by atoms with Crippen molar-refractivity contribution in [1.82, 2.24) is 10.2 Å². The lowest BCUT2D eigenvalue weighted by Gasteiger charge is -1.98. The van der Waals surface area contributed by atoms with Crippen LogP contribution in [-0.4, -0.2) is 29.3 Å². The van der Waals surface area contributed by atoms with Crippen molar-refractivity contribution in [3.05, 3.63) is 87.6 Å². The highest BCUT2D eigenvalue weighted by molar-refractivity contribution is 7.99. The van der Waals surface area contributed by atoms with Gasteiger partial charge < -0.3 is 4.42 Å². The van der Waals surface area contributed by atoms with Gasteiger partial charge >= 0.3 is 0 Å². The summed E-state index contributed by atoms with van der Waals surface area (Å²) < 4.78 is 30.0. The molecule has 1 aromatic heterocycles. The van der Waals surface area contributed by atoms with Crippen LogP contribution in [0.1, 0.15) is 11.5 Å². The zero-order valence-electron chi connectivity index (χ0n) is 14.5. The molecule has 8 nitrogen and oxygen atoms in total. The van der Waals surface area contributed by atoms with E-state index in [1.807, 2.05) is 30.3 Å². The summed E-state index contributed by atoms with van der Waals surface area (Å²) in [5.74, 6) is 0.801. The van der Waals surface area contributed by atoms with Crippen LogP contribution in [0.25, 0.3) is 0 Å². The number of aromatic nitrogens is 2. The van der Waals surface area contributed by atoms with Gasteiger partial charge in [-0.05, 0) is 17.7 Å². The van der Waals surface area contributed by atoms with Gasteiger partial charge in [-0.3, -0.25) is 10.1 Å². The largest absolute Gasteiger partial charge is 0.416 e. The Morgan fingerprint density at radius 2 is 1.79 bits per heavy atom. The molecular weight excluding hydrogens is 402 g/mol. The first-order valence-electron chi connectivity index (χ1n) is 8.09. The minimum Gasteiger partial charge on any atom is -0.416 e. The first-order valence-corrected chi connectivity index (χ1v) is 10.6. The average molecular weight is 417 g/mol. The van der Waals surface area contributed by atoms with Gasteiger partial charge in [-0.1, -0.05) is 48.2 Å². The summed E-state index contributed by atoms with van der Waals surface area (Å²) in [6, 6.07) is 14.4. The molecule has 10 heteroatoms. The van der Waals surface area contributed by atoms with Gasteiger partial charge in [0.2, 0.25) is 5.89 Å². The molecule has 0 saturated carbocycles. The maximum absolute atomic E-state index is 12.2. The third-order valence-electron chi connectivity index (χ3n) is 3.60. The molecule has 0 fully saturated rings. The molecule has 0 aliphatic heterocycles. The quantitative estimate of drug-likeness (QED) is 0.310. The lowest BCUT2D eigenvalue weighted by atomic mass is 10.2. The highest BCUT2D eigenvalue weighted by Gasteiger charge is 2.13. The number of nitrogens with zero attached hydrogens (tertiary/aromatic N) is 3. The molecular formula is C18H15N3O5S2. The van der Waals surface area contributed by atoms with Crippen LogP contribution in [0.3, 0.4) is 0 Å². The van der Waals surface area contributed by atoms with E-state index in [0.29, 0.717) is 23.3 Å². The van der Waals surface area contributed by atoms with Crippen molar-refractivity contribution in [2.75, 3.05) is 5.75 Å². The Bertz CT molecular complexity index is 1080. The molecule has 0 N–H and O–H groups in total. The van der Waals surface area contributed by atoms with E-state index < -0.39 is 14.8 Å². The fourth-order valence-corrected chi connectivity index (χ4v) is 3.99. The number of benzene rings is 2. The molecule has 0 saturated heterocycles. The summed E-state index contributed by atoms with van der Waals surface area (Å²) in [5, 5.41) is 19.9. The number of hydrogen-bond acceptors (Lipinski definition) is 8. The smallest absolute Gasteiger partial charge is 0.276 e. The summed E-state index contributed by atoms with van der Waals surface area (Å²) in [6.07, 6.45) is 1.99. The van der Waals surface area contributed by atoms with Gasteiger partial charge in [0.05, 0.1) is 16.2 Å². The van der Waals surface area contributed by atoms with Crippen molar-refractivity contribution in [2.45, 2.75) is 16.5 Å². The molecule has 144 valence electrons. The van der Waals surface area contributed by atoms with E-state index in [1.54, 1.807) is 0 Å². The standard InChI is InChI=1S/C18H15N3O5S2/c22-21(23)15-7-9-16(10-8-15)28(24,25)12-4-11-27-18-20-19-17(26-18)13-14-5-2-1-3-6-14/h1-10,12H,11,13H2/b12-4+. The normalized spacial score (nSPS) is 11.7. The first kappa shape index (κ1) is 19.8. The Morgan fingerprint density at radius 1 is 1.07 bits per heavy atom. The fraction of sp³-hybridized carbons (Fsp3) is 0.111. The zero-order valence-corrected chi connectivity index (χ0v) is 16.1. The van der Waals surface area contributed by atoms with E-state index in [2.05, 4.69) is 10.2 Å². The Labute approximate surface area is 165 Å². The molecule has 28 heavy (non-hydrogen) atoms. The van der Waals surface area contributed by atoms with Crippen molar-refractivity contribution >= 4 is 27.3 Å². The molecule has 3 aromatic rings. The third-order valence-corrected chi connectivity index (χ3v) is 5.85. The number of non-ortho nitro benzene ring substituents is 1. The van der Waals surface area contributed by atoms with Crippen LogP contribution < -0.4 is 0 Å². The molecule has 0 aliphatic carbocycles. The maximum atomic E-state index is 12.2. The fourth-order valence-electron chi connectivity index (χ4n) is 2.26. The Morgan fingerprint density at radius 3 is 2.46 bits per heavy atom. The number of nitro groups is 1. The minimum atomic E-state index is -3.68. The molecule has 0 unspecified atom stereocenters. The van der Waals surface area contributed by atoms with E-state index in [4.69, 9.17) is 4.42 Å². The van der Waals surface area contributed by atoms with Crippen molar-refractivity contribution in [3.8, 4) is 0 Å². The van der Waals surface area contributed by atoms with E-state index in [1.165, 1.54) is 30.0 Å².